The summed E-state index contributed by atoms with van der Waals surface area (Å²) in [4.78, 5) is 0. The molecule has 0 spiro atoms. The van der Waals surface area contributed by atoms with Gasteiger partial charge in [-0.15, -0.1) is 0 Å². The molecular weight excluding hydrogens is 290 g/mol. The lowest BCUT2D eigenvalue weighted by molar-refractivity contribution is 0.535. The zero-order chi connectivity index (χ0) is 13.1. The monoisotopic (exact) mass is 307 g/mol. The molecule has 2 aromatic rings. The summed E-state index contributed by atoms with van der Waals surface area (Å²) in [6.07, 6.45) is 2.80. The molecule has 1 aromatic carbocycles. The van der Waals surface area contributed by atoms with E-state index in [9.17, 15) is 0 Å². The molecule has 96 valence electrons. The fraction of sp³-hybridized carbons (Fsp3) is 0.357. The smallest absolute Gasteiger partial charge is 0.0695 e. The van der Waals surface area contributed by atoms with E-state index in [0.29, 0.717) is 0 Å². The highest BCUT2D eigenvalue weighted by molar-refractivity contribution is 9.10. The molecule has 0 amide bonds. The number of aryl methyl sites for hydroxylation is 2. The molecule has 0 aliphatic heterocycles. The first-order valence-electron chi connectivity index (χ1n) is 6.02. The van der Waals surface area contributed by atoms with Gasteiger partial charge in [0.05, 0.1) is 22.4 Å². The Morgan fingerprint density at radius 3 is 2.50 bits per heavy atom. The van der Waals surface area contributed by atoms with Crippen LogP contribution in [0.5, 0.6) is 0 Å². The fourth-order valence-electron chi connectivity index (χ4n) is 2.11. The third-order valence-corrected chi connectivity index (χ3v) is 3.79. The standard InChI is InChI=1S/C14H18BrN3/c1-10-4-6-11(7-5-10)8-13(16-2)14-12(15)9-17-18(14)3/h4-7,9,13,16H,8H2,1-3H3. The van der Waals surface area contributed by atoms with Gasteiger partial charge in [-0.3, -0.25) is 4.68 Å². The molecule has 0 aliphatic rings. The van der Waals surface area contributed by atoms with Crippen molar-refractivity contribution in [1.29, 1.82) is 0 Å². The van der Waals surface area contributed by atoms with Crippen molar-refractivity contribution >= 4 is 15.9 Å². The Kier molecular flexibility index (Phi) is 4.19. The number of hydrogen-bond acceptors (Lipinski definition) is 2. The Morgan fingerprint density at radius 1 is 1.33 bits per heavy atom. The first kappa shape index (κ1) is 13.3. The van der Waals surface area contributed by atoms with E-state index in [1.165, 1.54) is 16.8 Å². The largest absolute Gasteiger partial charge is 0.311 e. The summed E-state index contributed by atoms with van der Waals surface area (Å²) in [7, 11) is 3.96. The zero-order valence-corrected chi connectivity index (χ0v) is 12.5. The second kappa shape index (κ2) is 5.67. The highest BCUT2D eigenvalue weighted by atomic mass is 79.9. The maximum absolute atomic E-state index is 4.27. The van der Waals surface area contributed by atoms with Crippen LogP contribution < -0.4 is 5.32 Å². The molecule has 0 saturated heterocycles. The highest BCUT2D eigenvalue weighted by Crippen LogP contribution is 2.25. The van der Waals surface area contributed by atoms with Crippen LogP contribution in [-0.2, 0) is 13.5 Å². The molecule has 1 atom stereocenters. The van der Waals surface area contributed by atoms with E-state index in [2.05, 4.69) is 57.5 Å². The van der Waals surface area contributed by atoms with Gasteiger partial charge >= 0.3 is 0 Å². The van der Waals surface area contributed by atoms with Crippen LogP contribution in [0.2, 0.25) is 0 Å². The van der Waals surface area contributed by atoms with Crippen molar-refractivity contribution in [3.63, 3.8) is 0 Å². The highest BCUT2D eigenvalue weighted by Gasteiger charge is 2.17. The Bertz CT molecular complexity index is 497. The van der Waals surface area contributed by atoms with Gasteiger partial charge in [0.1, 0.15) is 0 Å². The zero-order valence-electron chi connectivity index (χ0n) is 10.9. The number of aromatic nitrogens is 2. The molecule has 4 heteroatoms. The lowest BCUT2D eigenvalue weighted by atomic mass is 10.0. The first-order chi connectivity index (χ1) is 8.61. The number of nitrogens with one attached hydrogen (secondary N) is 1. The number of rotatable bonds is 4. The molecule has 0 aliphatic carbocycles. The third kappa shape index (κ3) is 2.82. The summed E-state index contributed by atoms with van der Waals surface area (Å²) in [5, 5.41) is 7.63. The van der Waals surface area contributed by atoms with Gasteiger partial charge in [0.2, 0.25) is 0 Å². The molecule has 2 rings (SSSR count). The van der Waals surface area contributed by atoms with Crippen LogP contribution in [0.25, 0.3) is 0 Å². The third-order valence-electron chi connectivity index (χ3n) is 3.18. The summed E-state index contributed by atoms with van der Waals surface area (Å²) in [5.74, 6) is 0. The summed E-state index contributed by atoms with van der Waals surface area (Å²) in [6, 6.07) is 8.93. The first-order valence-corrected chi connectivity index (χ1v) is 6.81. The Balaban J connectivity index is 2.22. The van der Waals surface area contributed by atoms with E-state index in [1.54, 1.807) is 0 Å². The number of halogens is 1. The van der Waals surface area contributed by atoms with Crippen LogP contribution >= 0.6 is 15.9 Å². The maximum atomic E-state index is 4.27. The van der Waals surface area contributed by atoms with Gasteiger partial charge in [-0.2, -0.15) is 5.10 Å². The molecule has 0 radical (unpaired) electrons. The van der Waals surface area contributed by atoms with Gasteiger partial charge in [-0.25, -0.2) is 0 Å². The van der Waals surface area contributed by atoms with Gasteiger partial charge in [0, 0.05) is 7.05 Å². The lowest BCUT2D eigenvalue weighted by Gasteiger charge is -2.17. The Morgan fingerprint density at radius 2 is 2.00 bits per heavy atom. The van der Waals surface area contributed by atoms with Crippen molar-refractivity contribution in [2.75, 3.05) is 7.05 Å². The maximum Gasteiger partial charge on any atom is 0.0695 e. The number of hydrogen-bond donors (Lipinski definition) is 1. The van der Waals surface area contributed by atoms with Crippen molar-refractivity contribution in [1.82, 2.24) is 15.1 Å². The summed E-state index contributed by atoms with van der Waals surface area (Å²) in [6.45, 7) is 2.11. The second-order valence-corrected chi connectivity index (χ2v) is 5.39. The number of nitrogens with zero attached hydrogens (tertiary/aromatic N) is 2. The molecule has 0 bridgehead atoms. The molecule has 0 saturated carbocycles. The van der Waals surface area contributed by atoms with Crippen molar-refractivity contribution in [3.8, 4) is 0 Å². The van der Waals surface area contributed by atoms with Crippen LogP contribution in [-0.4, -0.2) is 16.8 Å². The molecule has 0 fully saturated rings. The summed E-state index contributed by atoms with van der Waals surface area (Å²) < 4.78 is 2.97. The summed E-state index contributed by atoms with van der Waals surface area (Å²) in [5.41, 5.74) is 3.80. The van der Waals surface area contributed by atoms with Gasteiger partial charge < -0.3 is 5.32 Å². The minimum Gasteiger partial charge on any atom is -0.311 e. The molecule has 18 heavy (non-hydrogen) atoms. The topological polar surface area (TPSA) is 29.9 Å². The van der Waals surface area contributed by atoms with Crippen molar-refractivity contribution in [3.05, 3.63) is 51.8 Å². The van der Waals surface area contributed by atoms with E-state index < -0.39 is 0 Å². The van der Waals surface area contributed by atoms with E-state index in [4.69, 9.17) is 0 Å². The average Bonchev–Trinajstić information content (AvgIpc) is 2.69. The summed E-state index contributed by atoms with van der Waals surface area (Å²) >= 11 is 3.56. The Hall–Kier alpha value is -1.13. The van der Waals surface area contributed by atoms with Crippen LogP contribution in [0, 0.1) is 6.92 Å². The second-order valence-electron chi connectivity index (χ2n) is 4.53. The van der Waals surface area contributed by atoms with E-state index >= 15 is 0 Å². The van der Waals surface area contributed by atoms with Crippen molar-refractivity contribution in [2.24, 2.45) is 7.05 Å². The SMILES string of the molecule is CNC(Cc1ccc(C)cc1)c1c(Br)cnn1C. The number of benzene rings is 1. The predicted octanol–water partition coefficient (Wildman–Crippen LogP) is 2.99. The van der Waals surface area contributed by atoms with Gasteiger partial charge in [-0.1, -0.05) is 29.8 Å². The van der Waals surface area contributed by atoms with Crippen LogP contribution in [0.15, 0.2) is 34.9 Å². The molecule has 1 N–H and O–H groups in total. The van der Waals surface area contributed by atoms with Gasteiger partial charge in [0.15, 0.2) is 0 Å². The molecule has 3 nitrogen and oxygen atoms in total. The Labute approximate surface area is 116 Å². The van der Waals surface area contributed by atoms with Crippen molar-refractivity contribution < 1.29 is 0 Å². The number of likely N-dealkylation sites (N-methyl/N-ethyl adjacent to an activating group) is 1. The average molecular weight is 308 g/mol. The van der Waals surface area contributed by atoms with Gasteiger partial charge in [-0.05, 0) is 41.9 Å². The van der Waals surface area contributed by atoms with Gasteiger partial charge in [0.25, 0.3) is 0 Å². The molecule has 1 heterocycles. The van der Waals surface area contributed by atoms with Crippen LogP contribution in [0.3, 0.4) is 0 Å². The predicted molar refractivity (Wildman–Crippen MR) is 77.6 cm³/mol. The van der Waals surface area contributed by atoms with E-state index in [1.807, 2.05) is 25.0 Å². The van der Waals surface area contributed by atoms with Crippen LogP contribution in [0.4, 0.5) is 0 Å². The minimum atomic E-state index is 0.259. The fourth-order valence-corrected chi connectivity index (χ4v) is 2.73. The molecule has 1 unspecified atom stereocenters. The van der Waals surface area contributed by atoms with E-state index in [0.717, 1.165) is 10.9 Å². The molecule has 1 aromatic heterocycles. The van der Waals surface area contributed by atoms with Crippen molar-refractivity contribution in [2.45, 2.75) is 19.4 Å². The van der Waals surface area contributed by atoms with Crippen LogP contribution in [0.1, 0.15) is 22.9 Å². The normalized spacial score (nSPS) is 12.7. The quantitative estimate of drug-likeness (QED) is 0.941. The van der Waals surface area contributed by atoms with E-state index in [-0.39, 0.29) is 6.04 Å². The molecular formula is C14H18BrN3. The lowest BCUT2D eigenvalue weighted by Crippen LogP contribution is -2.22. The minimum absolute atomic E-state index is 0.259.